The molecule has 114 valence electrons. The van der Waals surface area contributed by atoms with Crippen LogP contribution in [0.4, 0.5) is 0 Å². The average molecular weight is 316 g/mol. The van der Waals surface area contributed by atoms with Crippen LogP contribution in [0, 0.1) is 0 Å². The molecule has 1 fully saturated rings. The van der Waals surface area contributed by atoms with Crippen LogP contribution in [0.2, 0.25) is 0 Å². The van der Waals surface area contributed by atoms with E-state index in [1.165, 1.54) is 12.8 Å². The van der Waals surface area contributed by atoms with Crippen LogP contribution in [0.15, 0.2) is 91.0 Å². The maximum atomic E-state index is 2.40. The summed E-state index contributed by atoms with van der Waals surface area (Å²) in [5, 5.41) is 3.69. The van der Waals surface area contributed by atoms with Crippen molar-refractivity contribution >= 4 is 25.3 Å². The van der Waals surface area contributed by atoms with Crippen molar-refractivity contribution in [1.29, 1.82) is 0 Å². The minimum atomic E-state index is -1.24. The van der Waals surface area contributed by atoms with E-state index in [1.807, 2.05) is 0 Å². The summed E-state index contributed by atoms with van der Waals surface area (Å²) in [6, 6.07) is 34.2. The molecule has 2 heteroatoms. The van der Waals surface area contributed by atoms with Crippen molar-refractivity contribution in [3.8, 4) is 0 Å². The molecule has 1 aliphatic carbocycles. The minimum absolute atomic E-state index is 0.147. The fourth-order valence-corrected chi connectivity index (χ4v) is 6.50. The van der Waals surface area contributed by atoms with Gasteiger partial charge in [0.25, 0.3) is 0 Å². The average Bonchev–Trinajstić information content (AvgIpc) is 3.46. The Kier molecular flexibility index (Phi) is 3.62. The molecule has 0 atom stereocenters. The Bertz CT molecular complexity index is 740. The Labute approximate surface area is 140 Å². The van der Waals surface area contributed by atoms with Gasteiger partial charge in [0, 0.05) is 0 Å². The zero-order valence-electron chi connectivity index (χ0n) is 12.5. The summed E-state index contributed by atoms with van der Waals surface area (Å²) in [5.41, 5.74) is 1.58. The molecule has 0 N–H and O–H groups in total. The van der Waals surface area contributed by atoms with E-state index in [0.29, 0.717) is 5.16 Å². The Morgan fingerprint density at radius 1 is 0.609 bits per heavy atom. The summed E-state index contributed by atoms with van der Waals surface area (Å²) in [4.78, 5) is 0. The summed E-state index contributed by atoms with van der Waals surface area (Å²) in [6.45, 7) is 0. The van der Waals surface area contributed by atoms with Gasteiger partial charge in [-0.2, -0.15) is 0 Å². The summed E-state index contributed by atoms with van der Waals surface area (Å²) in [6.07, 6.45) is 2.72. The van der Waals surface area contributed by atoms with E-state index >= 15 is 0 Å². The largest absolute Gasteiger partial charge is 0.139 e. The monoisotopic (exact) mass is 316 g/mol. The van der Waals surface area contributed by atoms with Gasteiger partial charge in [0.1, 0.15) is 7.57 Å². The molecule has 0 aromatic heterocycles. The molecule has 0 aliphatic heterocycles. The van der Waals surface area contributed by atoms with Gasteiger partial charge in [-0.05, 0) is 42.7 Å². The van der Waals surface area contributed by atoms with Gasteiger partial charge in [-0.25, -0.2) is 0 Å². The summed E-state index contributed by atoms with van der Waals surface area (Å²) in [7, 11) is -1.09. The van der Waals surface area contributed by atoms with Crippen molar-refractivity contribution in [2.24, 2.45) is 0 Å². The van der Waals surface area contributed by atoms with Gasteiger partial charge >= 0.3 is 0 Å². The Morgan fingerprint density at radius 3 is 1.39 bits per heavy atom. The second kappa shape index (κ2) is 5.66. The molecule has 1 saturated carbocycles. The van der Waals surface area contributed by atoms with Crippen LogP contribution in [0.25, 0.3) is 0 Å². The van der Waals surface area contributed by atoms with Crippen molar-refractivity contribution < 1.29 is 0 Å². The third-order valence-electron chi connectivity index (χ3n) is 4.49. The fraction of sp³-hybridized carbons (Fsp3) is 0.143. The number of hydrogen-bond donors (Lipinski definition) is 0. The Balaban J connectivity index is 1.94. The quantitative estimate of drug-likeness (QED) is 0.509. The van der Waals surface area contributed by atoms with Gasteiger partial charge in [-0.1, -0.05) is 73.9 Å². The fourth-order valence-electron chi connectivity index (χ4n) is 3.31. The van der Waals surface area contributed by atoms with Gasteiger partial charge in [0.15, 0.2) is 0 Å². The molecular weight excluding hydrogens is 294 g/mol. The van der Waals surface area contributed by atoms with Gasteiger partial charge < -0.3 is 0 Å². The predicted molar refractivity (Wildman–Crippen MR) is 106 cm³/mol. The molecule has 0 spiro atoms. The molecule has 0 saturated heterocycles. The lowest BCUT2D eigenvalue weighted by atomic mass is 10.1. The number of benzene rings is 3. The zero-order chi connectivity index (χ0) is 15.8. The lowest BCUT2D eigenvalue weighted by Gasteiger charge is -2.39. The summed E-state index contributed by atoms with van der Waals surface area (Å²) in [5.74, 6) is 0. The standard InChI is InChI=1S/C21H22BP/c22-23(19-12-6-2-7-13-19,20-14-8-3-9-15-20)21(16-17-21)18-10-4-1-5-11-18/h1-15H,16-17H2,22H3. The van der Waals surface area contributed by atoms with E-state index in [9.17, 15) is 0 Å². The van der Waals surface area contributed by atoms with Crippen molar-refractivity contribution in [3.05, 3.63) is 96.6 Å². The van der Waals surface area contributed by atoms with Gasteiger partial charge in [-0.15, -0.1) is 0 Å². The van der Waals surface area contributed by atoms with E-state index in [1.54, 1.807) is 16.2 Å². The van der Waals surface area contributed by atoms with Gasteiger partial charge in [-0.3, -0.25) is 0 Å². The highest BCUT2D eigenvalue weighted by molar-refractivity contribution is 8.09. The first-order valence-corrected chi connectivity index (χ1v) is 9.20. The van der Waals surface area contributed by atoms with Crippen molar-refractivity contribution in [1.82, 2.24) is 0 Å². The molecule has 0 radical (unpaired) electrons. The van der Waals surface area contributed by atoms with Crippen molar-refractivity contribution in [3.63, 3.8) is 0 Å². The maximum absolute atomic E-state index is 2.40. The van der Waals surface area contributed by atoms with E-state index in [4.69, 9.17) is 0 Å². The molecule has 3 aromatic rings. The second-order valence-corrected chi connectivity index (χ2v) is 8.46. The van der Waals surface area contributed by atoms with Gasteiger partial charge in [0.2, 0.25) is 0 Å². The number of rotatable bonds is 4. The first-order valence-electron chi connectivity index (χ1n) is 7.86. The zero-order valence-corrected chi connectivity index (χ0v) is 13.4. The Morgan fingerprint density at radius 2 is 1.00 bits per heavy atom. The third kappa shape index (κ3) is 2.27. The molecular formula is C21H22BP. The molecule has 4 rings (SSSR count). The molecule has 3 aromatic carbocycles. The minimum Gasteiger partial charge on any atom is -0.0824 e. The van der Waals surface area contributed by atoms with Gasteiger partial charge in [0.05, 0.1) is 15.8 Å². The first kappa shape index (κ1) is 14.7. The molecule has 1 aliphatic rings. The van der Waals surface area contributed by atoms with Crippen LogP contribution in [-0.2, 0) is 5.16 Å². The molecule has 0 unspecified atom stereocenters. The van der Waals surface area contributed by atoms with Crippen LogP contribution < -0.4 is 10.6 Å². The van der Waals surface area contributed by atoms with E-state index in [-0.39, 0.29) is 7.57 Å². The van der Waals surface area contributed by atoms with Crippen molar-refractivity contribution in [2.75, 3.05) is 0 Å². The molecule has 0 bridgehead atoms. The molecule has 0 amide bonds. The van der Waals surface area contributed by atoms with Crippen LogP contribution in [0.1, 0.15) is 18.4 Å². The third-order valence-corrected chi connectivity index (χ3v) is 7.68. The highest BCUT2D eigenvalue weighted by Gasteiger charge is 2.61. The molecule has 0 heterocycles. The molecule has 0 nitrogen and oxygen atoms in total. The van der Waals surface area contributed by atoms with Crippen LogP contribution in [0.3, 0.4) is 0 Å². The molecule has 23 heavy (non-hydrogen) atoms. The van der Waals surface area contributed by atoms with Crippen LogP contribution >= 0.6 is 7.14 Å². The first-order chi connectivity index (χ1) is 11.3. The summed E-state index contributed by atoms with van der Waals surface area (Å²) >= 11 is 0. The van der Waals surface area contributed by atoms with E-state index < -0.39 is 7.14 Å². The lowest BCUT2D eigenvalue weighted by molar-refractivity contribution is 1.02. The number of hydrogen-bond acceptors (Lipinski definition) is 0. The SMILES string of the molecule is [BH3-][P+](c1ccccc1)(c1ccccc1)C1(c2ccccc2)CC1. The normalized spacial score (nSPS) is 16.0. The highest BCUT2D eigenvalue weighted by Crippen LogP contribution is 2.78. The topological polar surface area (TPSA) is 0 Å². The van der Waals surface area contributed by atoms with Crippen LogP contribution in [-0.4, -0.2) is 7.57 Å². The second-order valence-electron chi connectivity index (χ2n) is 5.90. The smallest absolute Gasteiger partial charge is 0.0824 e. The predicted octanol–water partition coefficient (Wildman–Crippen LogP) is 3.62. The van der Waals surface area contributed by atoms with Crippen LogP contribution in [0.5, 0.6) is 0 Å². The summed E-state index contributed by atoms with van der Waals surface area (Å²) < 4.78 is 0. The lowest BCUT2D eigenvalue weighted by Crippen LogP contribution is -2.31. The van der Waals surface area contributed by atoms with Crippen molar-refractivity contribution in [2.45, 2.75) is 18.0 Å². The maximum Gasteiger partial charge on any atom is 0.139 e. The Hall–Kier alpha value is -1.85. The van der Waals surface area contributed by atoms with E-state index in [0.717, 1.165) is 0 Å². The highest BCUT2D eigenvalue weighted by atomic mass is 31.2. The van der Waals surface area contributed by atoms with E-state index in [2.05, 4.69) is 91.0 Å².